The van der Waals surface area contributed by atoms with Crippen molar-refractivity contribution in [2.45, 2.75) is 38.8 Å². The Kier molecular flexibility index (Phi) is 5.57. The van der Waals surface area contributed by atoms with Crippen molar-refractivity contribution in [3.05, 3.63) is 47.4 Å². The minimum atomic E-state index is -0.480. The molecule has 170 valence electrons. The summed E-state index contributed by atoms with van der Waals surface area (Å²) in [6.07, 6.45) is 6.79. The number of H-pyrrole nitrogens is 1. The number of hydrogen-bond donors (Lipinski definition) is 3. The van der Waals surface area contributed by atoms with Crippen molar-refractivity contribution >= 4 is 28.8 Å². The third-order valence-corrected chi connectivity index (χ3v) is 5.96. The molecule has 12 heteroatoms. The topological polar surface area (TPSA) is 156 Å². The van der Waals surface area contributed by atoms with Crippen molar-refractivity contribution in [2.24, 2.45) is 5.10 Å². The van der Waals surface area contributed by atoms with E-state index in [0.717, 1.165) is 35.9 Å². The van der Waals surface area contributed by atoms with Crippen LogP contribution in [0, 0.1) is 0 Å². The quantitative estimate of drug-likeness (QED) is 0.298. The third kappa shape index (κ3) is 4.07. The van der Waals surface area contributed by atoms with Gasteiger partial charge in [-0.2, -0.15) is 9.78 Å². The molecule has 1 aromatic carbocycles. The van der Waals surface area contributed by atoms with Crippen LogP contribution < -0.4 is 11.2 Å². The van der Waals surface area contributed by atoms with Crippen molar-refractivity contribution in [3.8, 4) is 5.82 Å². The Morgan fingerprint density at radius 2 is 2.24 bits per heavy atom. The van der Waals surface area contributed by atoms with Crippen LogP contribution in [0.2, 0.25) is 0 Å². The number of fused-ring (bicyclic) bond motifs is 1. The first-order valence-electron chi connectivity index (χ1n) is 10.8. The lowest BCUT2D eigenvalue weighted by atomic mass is 10.0. The lowest BCUT2D eigenvalue weighted by Gasteiger charge is -2.33. The van der Waals surface area contributed by atoms with Gasteiger partial charge in [0.2, 0.25) is 11.6 Å². The summed E-state index contributed by atoms with van der Waals surface area (Å²) in [5, 5.41) is 20.8. The summed E-state index contributed by atoms with van der Waals surface area (Å²) >= 11 is 0. The fraction of sp³-hybridized carbons (Fsp3) is 0.333. The maximum absolute atomic E-state index is 13.0. The summed E-state index contributed by atoms with van der Waals surface area (Å²) in [7, 11) is 0. The highest BCUT2D eigenvalue weighted by atomic mass is 16.6. The van der Waals surface area contributed by atoms with E-state index in [1.54, 1.807) is 6.21 Å². The van der Waals surface area contributed by atoms with Gasteiger partial charge >= 0.3 is 0 Å². The molecule has 33 heavy (non-hydrogen) atoms. The van der Waals surface area contributed by atoms with E-state index in [9.17, 15) is 4.79 Å². The molecule has 0 unspecified atom stereocenters. The minimum absolute atomic E-state index is 0.0668. The van der Waals surface area contributed by atoms with Gasteiger partial charge in [0.25, 0.3) is 5.91 Å². The van der Waals surface area contributed by atoms with Crippen molar-refractivity contribution in [2.75, 3.05) is 12.3 Å². The first-order chi connectivity index (χ1) is 16.1. The third-order valence-electron chi connectivity index (χ3n) is 5.96. The van der Waals surface area contributed by atoms with E-state index < -0.39 is 5.91 Å². The monoisotopic (exact) mass is 448 g/mol. The van der Waals surface area contributed by atoms with Crippen molar-refractivity contribution < 1.29 is 9.42 Å². The Balaban J connectivity index is 1.41. The van der Waals surface area contributed by atoms with Gasteiger partial charge in [-0.15, -0.1) is 5.10 Å². The van der Waals surface area contributed by atoms with Gasteiger partial charge in [0.1, 0.15) is 0 Å². The van der Waals surface area contributed by atoms with Crippen LogP contribution in [0.3, 0.4) is 0 Å². The zero-order valence-electron chi connectivity index (χ0n) is 18.1. The average Bonchev–Trinajstić information content (AvgIpc) is 3.54. The molecule has 4 heterocycles. The Hall–Kier alpha value is -4.06. The summed E-state index contributed by atoms with van der Waals surface area (Å²) in [6.45, 7) is 3.54. The maximum Gasteiger partial charge on any atom is 0.293 e. The van der Waals surface area contributed by atoms with Crippen molar-refractivity contribution in [3.63, 3.8) is 0 Å². The molecule has 0 bridgehead atoms. The zero-order chi connectivity index (χ0) is 22.8. The molecular weight excluding hydrogens is 424 g/mol. The molecule has 3 aromatic heterocycles. The second kappa shape index (κ2) is 8.82. The number of carbonyl (C=O) groups is 1. The number of hydrogen-bond acceptors (Lipinski definition) is 9. The number of aromatic amines is 1. The molecule has 4 aromatic rings. The predicted molar refractivity (Wildman–Crippen MR) is 121 cm³/mol. The molecule has 4 N–H and O–H groups in total. The molecule has 12 nitrogen and oxygen atoms in total. The molecule has 1 saturated heterocycles. The van der Waals surface area contributed by atoms with Crippen molar-refractivity contribution in [1.82, 2.24) is 40.6 Å². The van der Waals surface area contributed by atoms with Crippen LogP contribution >= 0.6 is 0 Å². The van der Waals surface area contributed by atoms with E-state index >= 15 is 0 Å². The highest BCUT2D eigenvalue weighted by Crippen LogP contribution is 2.23. The van der Waals surface area contributed by atoms with Crippen LogP contribution in [-0.4, -0.2) is 59.9 Å². The minimum Gasteiger partial charge on any atom is -0.378 e. The lowest BCUT2D eigenvalue weighted by molar-refractivity contribution is 0.0945. The molecule has 0 aliphatic carbocycles. The van der Waals surface area contributed by atoms with E-state index in [1.165, 1.54) is 11.1 Å². The first-order valence-corrected chi connectivity index (χ1v) is 10.8. The Bertz CT molecular complexity index is 1300. The number of nitrogens with one attached hydrogen (secondary N) is 2. The number of nitrogens with zero attached hydrogens (tertiary/aromatic N) is 7. The second-order valence-corrected chi connectivity index (χ2v) is 8.07. The molecule has 1 aliphatic heterocycles. The molecule has 1 fully saturated rings. The zero-order valence-corrected chi connectivity index (χ0v) is 18.1. The highest BCUT2D eigenvalue weighted by molar-refractivity contribution is 6.00. The van der Waals surface area contributed by atoms with Crippen molar-refractivity contribution in [1.29, 1.82) is 0 Å². The summed E-state index contributed by atoms with van der Waals surface area (Å²) in [5.74, 6) is -0.215. The number of likely N-dealkylation sites (tertiary alicyclic amines) is 1. The maximum atomic E-state index is 13.0. The number of amides is 1. The normalized spacial score (nSPS) is 17.2. The van der Waals surface area contributed by atoms with E-state index in [-0.39, 0.29) is 17.3 Å². The van der Waals surface area contributed by atoms with Gasteiger partial charge in [-0.3, -0.25) is 9.69 Å². The molecule has 1 amide bonds. The number of nitrogens with two attached hydrogens (primary N) is 1. The number of anilines is 1. The van der Waals surface area contributed by atoms with E-state index in [4.69, 9.17) is 10.4 Å². The summed E-state index contributed by atoms with van der Waals surface area (Å²) in [5.41, 5.74) is 11.0. The molecule has 1 aliphatic rings. The van der Waals surface area contributed by atoms with Gasteiger partial charge in [0.15, 0.2) is 5.69 Å². The molecule has 0 saturated carbocycles. The van der Waals surface area contributed by atoms with Crippen LogP contribution in [0.15, 0.2) is 40.2 Å². The Labute approximate surface area is 188 Å². The Morgan fingerprint density at radius 1 is 1.36 bits per heavy atom. The van der Waals surface area contributed by atoms with E-state index in [2.05, 4.69) is 48.0 Å². The van der Waals surface area contributed by atoms with Crippen LogP contribution in [0.25, 0.3) is 16.7 Å². The second-order valence-electron chi connectivity index (χ2n) is 8.07. The van der Waals surface area contributed by atoms with Crippen LogP contribution in [0.4, 0.5) is 5.82 Å². The summed E-state index contributed by atoms with van der Waals surface area (Å²) in [4.78, 5) is 18.4. The van der Waals surface area contributed by atoms with Gasteiger partial charge < -0.3 is 10.7 Å². The molecule has 5 rings (SSSR count). The number of aromatic nitrogens is 6. The van der Waals surface area contributed by atoms with E-state index in [0.29, 0.717) is 18.3 Å². The predicted octanol–water partition coefficient (Wildman–Crippen LogP) is 1.85. The SMILES string of the molecule is C[C@@H]1CCCCN1Cc1c(C(=O)N/N=C/c2c[nH]c3ccccc23)nnn1-c1nonc1N. The fourth-order valence-corrected chi connectivity index (χ4v) is 4.13. The van der Waals surface area contributed by atoms with Gasteiger partial charge in [0, 0.05) is 35.2 Å². The number of nitrogen functional groups attached to an aromatic ring is 1. The van der Waals surface area contributed by atoms with Gasteiger partial charge in [0.05, 0.1) is 11.9 Å². The summed E-state index contributed by atoms with van der Waals surface area (Å²) in [6, 6.07) is 8.22. The lowest BCUT2D eigenvalue weighted by Crippen LogP contribution is -2.38. The first kappa shape index (κ1) is 20.8. The number of hydrazone groups is 1. The van der Waals surface area contributed by atoms with Gasteiger partial charge in [-0.1, -0.05) is 29.8 Å². The number of benzene rings is 1. The fourth-order valence-electron chi connectivity index (χ4n) is 4.13. The summed E-state index contributed by atoms with van der Waals surface area (Å²) < 4.78 is 6.13. The number of rotatable bonds is 6. The van der Waals surface area contributed by atoms with Crippen LogP contribution in [-0.2, 0) is 6.54 Å². The standard InChI is InChI=1S/C21H24N10O2/c1-13-6-4-5-9-30(13)12-17-18(25-29-31(17)20-19(22)27-33-28-20)21(32)26-24-11-14-10-23-16-8-3-2-7-15(14)16/h2-3,7-8,10-11,13,23H,4-6,9,12H2,1H3,(H2,22,27)(H,26,32)/b24-11+/t13-/m1/s1. The highest BCUT2D eigenvalue weighted by Gasteiger charge is 2.28. The van der Waals surface area contributed by atoms with Gasteiger partial charge in [-0.05, 0) is 42.7 Å². The van der Waals surface area contributed by atoms with Gasteiger partial charge in [-0.25, -0.2) is 10.1 Å². The van der Waals surface area contributed by atoms with Crippen LogP contribution in [0.1, 0.15) is 47.9 Å². The molecule has 1 atom stereocenters. The number of carbonyl (C=O) groups excluding carboxylic acids is 1. The molecular formula is C21H24N10O2. The number of para-hydroxylation sites is 1. The largest absolute Gasteiger partial charge is 0.378 e. The average molecular weight is 448 g/mol. The number of piperidine rings is 1. The smallest absolute Gasteiger partial charge is 0.293 e. The molecule has 0 radical (unpaired) electrons. The Morgan fingerprint density at radius 3 is 3.06 bits per heavy atom. The molecule has 0 spiro atoms. The van der Waals surface area contributed by atoms with E-state index in [1.807, 2.05) is 30.5 Å². The van der Waals surface area contributed by atoms with Crippen LogP contribution in [0.5, 0.6) is 0 Å².